The Morgan fingerprint density at radius 2 is 1.55 bits per heavy atom. The van der Waals surface area contributed by atoms with E-state index in [4.69, 9.17) is 18.9 Å². The highest BCUT2D eigenvalue weighted by Gasteiger charge is 2.31. The third-order valence-electron chi connectivity index (χ3n) is 4.92. The molecule has 0 atom stereocenters. The van der Waals surface area contributed by atoms with Crippen LogP contribution in [0, 0.1) is 0 Å². The maximum atomic E-state index is 12.9. The number of carbonyl (C=O) groups is 1. The standard InChI is InChI=1S/C23H27NO5/c1-26-19-10-5-16(6-11-19)15-24(18-8-9-18)23(25)12-7-17-13-21(28-3)22(29-4)14-20(17)27-2/h5-7,10-14,18H,8-9,15H2,1-4H3/b12-7+. The Morgan fingerprint density at radius 3 is 2.10 bits per heavy atom. The monoisotopic (exact) mass is 397 g/mol. The zero-order valence-electron chi connectivity index (χ0n) is 17.3. The van der Waals surface area contributed by atoms with Crippen molar-refractivity contribution in [3.63, 3.8) is 0 Å². The van der Waals surface area contributed by atoms with E-state index in [2.05, 4.69) is 0 Å². The van der Waals surface area contributed by atoms with Crippen molar-refractivity contribution in [1.29, 1.82) is 0 Å². The number of hydrogen-bond acceptors (Lipinski definition) is 5. The van der Waals surface area contributed by atoms with Gasteiger partial charge in [-0.15, -0.1) is 0 Å². The predicted molar refractivity (Wildman–Crippen MR) is 112 cm³/mol. The van der Waals surface area contributed by atoms with Gasteiger partial charge in [-0.25, -0.2) is 0 Å². The molecule has 6 heteroatoms. The summed E-state index contributed by atoms with van der Waals surface area (Å²) in [4.78, 5) is 14.8. The van der Waals surface area contributed by atoms with E-state index in [1.54, 1.807) is 52.7 Å². The molecule has 3 rings (SSSR count). The Bertz CT molecular complexity index is 872. The van der Waals surface area contributed by atoms with E-state index in [-0.39, 0.29) is 5.91 Å². The van der Waals surface area contributed by atoms with Gasteiger partial charge in [-0.3, -0.25) is 4.79 Å². The number of benzene rings is 2. The number of amides is 1. The van der Waals surface area contributed by atoms with Crippen LogP contribution in [0.25, 0.3) is 6.08 Å². The van der Waals surface area contributed by atoms with Gasteiger partial charge in [0.25, 0.3) is 0 Å². The smallest absolute Gasteiger partial charge is 0.247 e. The SMILES string of the molecule is COc1ccc(CN(C(=O)/C=C/c2cc(OC)c(OC)cc2OC)C2CC2)cc1. The minimum absolute atomic E-state index is 0.0276. The molecular formula is C23H27NO5. The van der Waals surface area contributed by atoms with Crippen LogP contribution >= 0.6 is 0 Å². The highest BCUT2D eigenvalue weighted by atomic mass is 16.5. The van der Waals surface area contributed by atoms with Gasteiger partial charge in [0.05, 0.1) is 28.4 Å². The molecule has 29 heavy (non-hydrogen) atoms. The molecule has 2 aromatic carbocycles. The van der Waals surface area contributed by atoms with Crippen molar-refractivity contribution in [2.75, 3.05) is 28.4 Å². The zero-order chi connectivity index (χ0) is 20.8. The van der Waals surface area contributed by atoms with E-state index in [1.807, 2.05) is 29.2 Å². The molecule has 1 aliphatic rings. The summed E-state index contributed by atoms with van der Waals surface area (Å²) in [5.74, 6) is 2.54. The summed E-state index contributed by atoms with van der Waals surface area (Å²) in [7, 11) is 6.37. The summed E-state index contributed by atoms with van der Waals surface area (Å²) in [5, 5.41) is 0. The molecule has 1 aliphatic carbocycles. The molecule has 0 N–H and O–H groups in total. The third kappa shape index (κ3) is 5.02. The molecule has 0 spiro atoms. The maximum absolute atomic E-state index is 12.9. The average Bonchev–Trinajstić information content (AvgIpc) is 3.60. The van der Waals surface area contributed by atoms with Gasteiger partial charge in [0.1, 0.15) is 11.5 Å². The third-order valence-corrected chi connectivity index (χ3v) is 4.92. The average molecular weight is 397 g/mol. The second-order valence-electron chi connectivity index (χ2n) is 6.83. The van der Waals surface area contributed by atoms with Gasteiger partial charge in [0.2, 0.25) is 5.91 Å². The van der Waals surface area contributed by atoms with Crippen LogP contribution in [-0.4, -0.2) is 45.3 Å². The fraction of sp³-hybridized carbons (Fsp3) is 0.348. The highest BCUT2D eigenvalue weighted by Crippen LogP contribution is 2.35. The first-order valence-electron chi connectivity index (χ1n) is 9.51. The summed E-state index contributed by atoms with van der Waals surface area (Å²) in [6, 6.07) is 11.6. The van der Waals surface area contributed by atoms with Gasteiger partial charge in [-0.05, 0) is 42.7 Å². The molecule has 1 saturated carbocycles. The zero-order valence-corrected chi connectivity index (χ0v) is 17.3. The Labute approximate surface area is 171 Å². The van der Waals surface area contributed by atoms with Crippen LogP contribution in [0.4, 0.5) is 0 Å². The van der Waals surface area contributed by atoms with Crippen molar-refractivity contribution in [2.24, 2.45) is 0 Å². The largest absolute Gasteiger partial charge is 0.497 e. The lowest BCUT2D eigenvalue weighted by Gasteiger charge is -2.21. The Hall–Kier alpha value is -3.15. The Balaban J connectivity index is 1.78. The molecule has 2 aromatic rings. The minimum atomic E-state index is -0.0276. The number of rotatable bonds is 9. The summed E-state index contributed by atoms with van der Waals surface area (Å²) in [6.07, 6.45) is 5.42. The van der Waals surface area contributed by atoms with E-state index in [9.17, 15) is 4.79 Å². The van der Waals surface area contributed by atoms with Crippen molar-refractivity contribution in [2.45, 2.75) is 25.4 Å². The van der Waals surface area contributed by atoms with Crippen molar-refractivity contribution in [3.05, 3.63) is 53.6 Å². The summed E-state index contributed by atoms with van der Waals surface area (Å²) >= 11 is 0. The van der Waals surface area contributed by atoms with Gasteiger partial charge in [0.15, 0.2) is 11.5 Å². The van der Waals surface area contributed by atoms with Crippen molar-refractivity contribution in [1.82, 2.24) is 4.90 Å². The van der Waals surface area contributed by atoms with Gasteiger partial charge in [-0.2, -0.15) is 0 Å². The van der Waals surface area contributed by atoms with Crippen LogP contribution in [-0.2, 0) is 11.3 Å². The van der Waals surface area contributed by atoms with Gasteiger partial charge in [0, 0.05) is 30.3 Å². The van der Waals surface area contributed by atoms with Crippen LogP contribution < -0.4 is 18.9 Å². The number of carbonyl (C=O) groups excluding carboxylic acids is 1. The van der Waals surface area contributed by atoms with E-state index < -0.39 is 0 Å². The molecule has 0 unspecified atom stereocenters. The van der Waals surface area contributed by atoms with E-state index in [0.717, 1.165) is 29.7 Å². The van der Waals surface area contributed by atoms with E-state index >= 15 is 0 Å². The summed E-state index contributed by atoms with van der Waals surface area (Å²) < 4.78 is 21.3. The second-order valence-corrected chi connectivity index (χ2v) is 6.83. The van der Waals surface area contributed by atoms with Crippen LogP contribution in [0.15, 0.2) is 42.5 Å². The molecule has 0 aliphatic heterocycles. The summed E-state index contributed by atoms with van der Waals surface area (Å²) in [6.45, 7) is 0.570. The first-order valence-corrected chi connectivity index (χ1v) is 9.51. The summed E-state index contributed by atoms with van der Waals surface area (Å²) in [5.41, 5.74) is 1.82. The first kappa shape index (κ1) is 20.6. The highest BCUT2D eigenvalue weighted by molar-refractivity contribution is 5.92. The lowest BCUT2D eigenvalue weighted by atomic mass is 10.1. The Kier molecular flexibility index (Phi) is 6.65. The van der Waals surface area contributed by atoms with Gasteiger partial charge >= 0.3 is 0 Å². The maximum Gasteiger partial charge on any atom is 0.247 e. The molecule has 0 bridgehead atoms. The minimum Gasteiger partial charge on any atom is -0.497 e. The normalized spacial score (nSPS) is 13.2. The van der Waals surface area contributed by atoms with Gasteiger partial charge < -0.3 is 23.8 Å². The predicted octanol–water partition coefficient (Wildman–Crippen LogP) is 3.93. The van der Waals surface area contributed by atoms with Crippen LogP contribution in [0.1, 0.15) is 24.0 Å². The number of hydrogen-bond donors (Lipinski definition) is 0. The molecule has 1 fully saturated rings. The first-order chi connectivity index (χ1) is 14.1. The number of nitrogens with zero attached hydrogens (tertiary/aromatic N) is 1. The van der Waals surface area contributed by atoms with Crippen LogP contribution in [0.2, 0.25) is 0 Å². The van der Waals surface area contributed by atoms with Crippen LogP contribution in [0.3, 0.4) is 0 Å². The molecule has 0 saturated heterocycles. The number of methoxy groups -OCH3 is 4. The van der Waals surface area contributed by atoms with Crippen molar-refractivity contribution in [3.8, 4) is 23.0 Å². The number of ether oxygens (including phenoxy) is 4. The van der Waals surface area contributed by atoms with E-state index in [0.29, 0.717) is 29.8 Å². The fourth-order valence-corrected chi connectivity index (χ4v) is 3.14. The molecule has 0 heterocycles. The molecule has 6 nitrogen and oxygen atoms in total. The molecule has 154 valence electrons. The topological polar surface area (TPSA) is 57.2 Å². The second kappa shape index (κ2) is 9.37. The Morgan fingerprint density at radius 1 is 0.931 bits per heavy atom. The molecular weight excluding hydrogens is 370 g/mol. The molecule has 1 amide bonds. The lowest BCUT2D eigenvalue weighted by molar-refractivity contribution is -0.127. The van der Waals surface area contributed by atoms with Gasteiger partial charge in [-0.1, -0.05) is 12.1 Å². The molecule has 0 aromatic heterocycles. The lowest BCUT2D eigenvalue weighted by Crippen LogP contribution is -2.31. The quantitative estimate of drug-likeness (QED) is 0.600. The van der Waals surface area contributed by atoms with E-state index in [1.165, 1.54) is 0 Å². The fourth-order valence-electron chi connectivity index (χ4n) is 3.14. The van der Waals surface area contributed by atoms with Crippen molar-refractivity contribution >= 4 is 12.0 Å². The molecule has 0 radical (unpaired) electrons. The van der Waals surface area contributed by atoms with Crippen molar-refractivity contribution < 1.29 is 23.7 Å². The van der Waals surface area contributed by atoms with Crippen LogP contribution in [0.5, 0.6) is 23.0 Å².